The van der Waals surface area contributed by atoms with Crippen LogP contribution in [0.3, 0.4) is 0 Å². The summed E-state index contributed by atoms with van der Waals surface area (Å²) >= 11 is 0. The van der Waals surface area contributed by atoms with Crippen LogP contribution in [0.2, 0.25) is 0 Å². The summed E-state index contributed by atoms with van der Waals surface area (Å²) in [6.07, 6.45) is 0.914. The predicted octanol–water partition coefficient (Wildman–Crippen LogP) is 1.49. The molecule has 3 rings (SSSR count). The van der Waals surface area contributed by atoms with Crippen molar-refractivity contribution in [1.82, 2.24) is 10.2 Å². The van der Waals surface area contributed by atoms with Crippen molar-refractivity contribution in [2.24, 2.45) is 0 Å². The SMILES string of the molecule is CC(C)(C)NC(=O)C[NH+]1CCCN(C(=O)c2ccc3ccccc3c2)CC1. The van der Waals surface area contributed by atoms with Crippen molar-refractivity contribution in [1.29, 1.82) is 0 Å². The van der Waals surface area contributed by atoms with Crippen LogP contribution in [0.25, 0.3) is 10.8 Å². The van der Waals surface area contributed by atoms with Crippen LogP contribution in [0.15, 0.2) is 42.5 Å². The Labute approximate surface area is 161 Å². The van der Waals surface area contributed by atoms with Gasteiger partial charge in [-0.2, -0.15) is 0 Å². The molecule has 0 bridgehead atoms. The van der Waals surface area contributed by atoms with Gasteiger partial charge in [-0.1, -0.05) is 30.3 Å². The number of fused-ring (bicyclic) bond motifs is 1. The minimum Gasteiger partial charge on any atom is -0.347 e. The van der Waals surface area contributed by atoms with Crippen LogP contribution in [0.1, 0.15) is 37.6 Å². The molecule has 5 heteroatoms. The molecular weight excluding hydrogens is 338 g/mol. The lowest BCUT2D eigenvalue weighted by Gasteiger charge is -2.23. The topological polar surface area (TPSA) is 53.9 Å². The number of benzene rings is 2. The molecule has 144 valence electrons. The smallest absolute Gasteiger partial charge is 0.275 e. The molecule has 5 nitrogen and oxygen atoms in total. The molecular formula is C22H30N3O2+. The number of quaternary nitrogens is 1. The molecule has 1 unspecified atom stereocenters. The highest BCUT2D eigenvalue weighted by Crippen LogP contribution is 2.17. The van der Waals surface area contributed by atoms with E-state index in [0.29, 0.717) is 13.1 Å². The van der Waals surface area contributed by atoms with E-state index in [-0.39, 0.29) is 17.4 Å². The molecule has 1 heterocycles. The third kappa shape index (κ3) is 5.30. The minimum absolute atomic E-state index is 0.0757. The third-order valence-electron chi connectivity index (χ3n) is 4.90. The number of hydrogen-bond donors (Lipinski definition) is 2. The standard InChI is InChI=1S/C22H29N3O2/c1-22(2,3)23-20(26)16-24-11-6-12-25(14-13-24)21(27)19-10-9-17-7-4-5-8-18(17)15-19/h4-5,7-10,15H,6,11-14,16H2,1-3H3,(H,23,26)/p+1. The number of carbonyl (C=O) groups excluding carboxylic acids is 2. The fourth-order valence-electron chi connectivity index (χ4n) is 3.62. The van der Waals surface area contributed by atoms with Gasteiger partial charge in [-0.05, 0) is 43.7 Å². The summed E-state index contributed by atoms with van der Waals surface area (Å²) in [7, 11) is 0. The van der Waals surface area contributed by atoms with E-state index in [9.17, 15) is 9.59 Å². The zero-order valence-corrected chi connectivity index (χ0v) is 16.5. The average molecular weight is 369 g/mol. The largest absolute Gasteiger partial charge is 0.347 e. The van der Waals surface area contributed by atoms with Crippen molar-refractivity contribution in [2.45, 2.75) is 32.7 Å². The number of hydrogen-bond acceptors (Lipinski definition) is 2. The highest BCUT2D eigenvalue weighted by atomic mass is 16.2. The number of nitrogens with zero attached hydrogens (tertiary/aromatic N) is 1. The normalized spacial score (nSPS) is 18.2. The Morgan fingerprint density at radius 2 is 1.78 bits per heavy atom. The van der Waals surface area contributed by atoms with Gasteiger partial charge in [-0.15, -0.1) is 0 Å². The Morgan fingerprint density at radius 1 is 1.04 bits per heavy atom. The summed E-state index contributed by atoms with van der Waals surface area (Å²) in [6, 6.07) is 14.0. The summed E-state index contributed by atoms with van der Waals surface area (Å²) < 4.78 is 0. The minimum atomic E-state index is -0.208. The first-order valence-electron chi connectivity index (χ1n) is 9.74. The molecule has 27 heavy (non-hydrogen) atoms. The lowest BCUT2D eigenvalue weighted by molar-refractivity contribution is -0.889. The van der Waals surface area contributed by atoms with Crippen molar-refractivity contribution in [3.63, 3.8) is 0 Å². The molecule has 1 saturated heterocycles. The Kier molecular flexibility index (Phi) is 5.80. The van der Waals surface area contributed by atoms with Gasteiger partial charge in [0.05, 0.1) is 19.6 Å². The molecule has 1 atom stereocenters. The summed E-state index contributed by atoms with van der Waals surface area (Å²) in [5.41, 5.74) is 0.531. The highest BCUT2D eigenvalue weighted by Gasteiger charge is 2.25. The summed E-state index contributed by atoms with van der Waals surface area (Å²) in [4.78, 5) is 28.3. The van der Waals surface area contributed by atoms with Gasteiger partial charge in [0, 0.05) is 24.1 Å². The molecule has 0 aromatic heterocycles. The van der Waals surface area contributed by atoms with Crippen LogP contribution in [-0.4, -0.2) is 55.0 Å². The first kappa shape index (κ1) is 19.4. The molecule has 2 aromatic rings. The van der Waals surface area contributed by atoms with Gasteiger partial charge in [0.2, 0.25) is 0 Å². The molecule has 2 amide bonds. The zero-order chi connectivity index (χ0) is 19.4. The monoisotopic (exact) mass is 368 g/mol. The van der Waals surface area contributed by atoms with Gasteiger partial charge in [-0.3, -0.25) is 9.59 Å². The average Bonchev–Trinajstić information content (AvgIpc) is 2.84. The Bertz CT molecular complexity index is 826. The van der Waals surface area contributed by atoms with Crippen LogP contribution in [0.5, 0.6) is 0 Å². The molecule has 0 spiro atoms. The van der Waals surface area contributed by atoms with Crippen LogP contribution in [0.4, 0.5) is 0 Å². The van der Waals surface area contributed by atoms with Gasteiger partial charge in [-0.25, -0.2) is 0 Å². The van der Waals surface area contributed by atoms with E-state index in [1.165, 1.54) is 4.90 Å². The van der Waals surface area contributed by atoms with Crippen LogP contribution in [0, 0.1) is 0 Å². The van der Waals surface area contributed by atoms with E-state index in [0.717, 1.165) is 42.4 Å². The molecule has 1 fully saturated rings. The number of rotatable bonds is 3. The van der Waals surface area contributed by atoms with Crippen LogP contribution in [-0.2, 0) is 4.79 Å². The maximum atomic E-state index is 13.0. The fraction of sp³-hybridized carbons (Fsp3) is 0.455. The van der Waals surface area contributed by atoms with Crippen molar-refractivity contribution < 1.29 is 14.5 Å². The Hall–Kier alpha value is -2.40. The van der Waals surface area contributed by atoms with E-state index in [1.807, 2.05) is 62.1 Å². The maximum Gasteiger partial charge on any atom is 0.275 e. The second-order valence-corrected chi connectivity index (χ2v) is 8.43. The molecule has 0 saturated carbocycles. The quantitative estimate of drug-likeness (QED) is 0.862. The van der Waals surface area contributed by atoms with E-state index in [1.54, 1.807) is 0 Å². The van der Waals surface area contributed by atoms with Gasteiger partial charge in [0.15, 0.2) is 6.54 Å². The maximum absolute atomic E-state index is 13.0. The zero-order valence-electron chi connectivity index (χ0n) is 16.5. The molecule has 0 aliphatic carbocycles. The van der Waals surface area contributed by atoms with Gasteiger partial charge < -0.3 is 15.1 Å². The van der Waals surface area contributed by atoms with Crippen molar-refractivity contribution in [3.05, 3.63) is 48.0 Å². The second-order valence-electron chi connectivity index (χ2n) is 8.43. The molecule has 0 radical (unpaired) electrons. The fourth-order valence-corrected chi connectivity index (χ4v) is 3.62. The van der Waals surface area contributed by atoms with Crippen LogP contribution >= 0.6 is 0 Å². The summed E-state index contributed by atoms with van der Waals surface area (Å²) in [6.45, 7) is 9.59. The van der Waals surface area contributed by atoms with E-state index in [2.05, 4.69) is 11.4 Å². The van der Waals surface area contributed by atoms with Crippen molar-refractivity contribution in [3.8, 4) is 0 Å². The molecule has 2 N–H and O–H groups in total. The third-order valence-corrected chi connectivity index (χ3v) is 4.90. The Balaban J connectivity index is 1.61. The summed E-state index contributed by atoms with van der Waals surface area (Å²) in [5.74, 6) is 0.160. The first-order valence-corrected chi connectivity index (χ1v) is 9.74. The van der Waals surface area contributed by atoms with Crippen molar-refractivity contribution in [2.75, 3.05) is 32.7 Å². The van der Waals surface area contributed by atoms with Gasteiger partial charge in [0.25, 0.3) is 11.8 Å². The van der Waals surface area contributed by atoms with E-state index in [4.69, 9.17) is 0 Å². The second kappa shape index (κ2) is 8.09. The molecule has 1 aliphatic rings. The lowest BCUT2D eigenvalue weighted by Crippen LogP contribution is -3.13. The lowest BCUT2D eigenvalue weighted by atomic mass is 10.1. The molecule has 2 aromatic carbocycles. The van der Waals surface area contributed by atoms with E-state index >= 15 is 0 Å². The Morgan fingerprint density at radius 3 is 2.52 bits per heavy atom. The van der Waals surface area contributed by atoms with Crippen LogP contribution < -0.4 is 10.2 Å². The predicted molar refractivity (Wildman–Crippen MR) is 108 cm³/mol. The summed E-state index contributed by atoms with van der Waals surface area (Å²) in [5, 5.41) is 5.25. The number of carbonyl (C=O) groups is 2. The first-order chi connectivity index (χ1) is 12.8. The number of nitrogens with one attached hydrogen (secondary N) is 2. The number of amides is 2. The van der Waals surface area contributed by atoms with Gasteiger partial charge in [0.1, 0.15) is 0 Å². The van der Waals surface area contributed by atoms with Crippen molar-refractivity contribution >= 4 is 22.6 Å². The van der Waals surface area contributed by atoms with E-state index < -0.39 is 0 Å². The molecule has 1 aliphatic heterocycles. The van der Waals surface area contributed by atoms with Gasteiger partial charge >= 0.3 is 0 Å². The highest BCUT2D eigenvalue weighted by molar-refractivity contribution is 5.98.